The number of hydrogen-bond donors (Lipinski definition) is 0. The number of carbonyl (C=O) groups is 1. The minimum Gasteiger partial charge on any atom is -0.489 e. The highest BCUT2D eigenvalue weighted by atomic mass is 19.1. The molecule has 1 aliphatic carbocycles. The minimum absolute atomic E-state index is 0.105. The number of amides is 1. The van der Waals surface area contributed by atoms with Crippen LogP contribution >= 0.6 is 0 Å². The van der Waals surface area contributed by atoms with Gasteiger partial charge in [0.05, 0.1) is 6.54 Å². The number of rotatable bonds is 6. The molecule has 0 fully saturated rings. The van der Waals surface area contributed by atoms with E-state index in [-0.39, 0.29) is 24.1 Å². The van der Waals surface area contributed by atoms with Crippen molar-refractivity contribution in [2.75, 3.05) is 20.2 Å². The van der Waals surface area contributed by atoms with E-state index in [1.54, 1.807) is 30.1 Å². The van der Waals surface area contributed by atoms with Gasteiger partial charge in [-0.15, -0.1) is 0 Å². The highest BCUT2D eigenvalue weighted by Crippen LogP contribution is 2.35. The summed E-state index contributed by atoms with van der Waals surface area (Å²) in [6, 6.07) is 14.7. The van der Waals surface area contributed by atoms with Gasteiger partial charge in [-0.2, -0.15) is 0 Å². The van der Waals surface area contributed by atoms with Crippen LogP contribution in [0.2, 0.25) is 0 Å². The zero-order chi connectivity index (χ0) is 16.9. The van der Waals surface area contributed by atoms with Crippen molar-refractivity contribution in [3.63, 3.8) is 0 Å². The second-order valence-corrected chi connectivity index (χ2v) is 6.23. The quantitative estimate of drug-likeness (QED) is 0.808. The molecule has 0 bridgehead atoms. The number of hydrogen-bond acceptors (Lipinski definition) is 2. The molecule has 0 aromatic heterocycles. The van der Waals surface area contributed by atoms with E-state index >= 15 is 0 Å². The number of benzene rings is 2. The number of para-hydroxylation sites is 1. The van der Waals surface area contributed by atoms with Crippen LogP contribution in [0.25, 0.3) is 0 Å². The van der Waals surface area contributed by atoms with Crippen molar-refractivity contribution in [2.45, 2.75) is 25.2 Å². The Bertz CT molecular complexity index is 716. The fourth-order valence-corrected chi connectivity index (χ4v) is 3.20. The topological polar surface area (TPSA) is 29.5 Å². The summed E-state index contributed by atoms with van der Waals surface area (Å²) in [6.07, 6.45) is 2.60. The summed E-state index contributed by atoms with van der Waals surface area (Å²) in [5.74, 6) is 0.259. The summed E-state index contributed by atoms with van der Waals surface area (Å²) in [6.45, 7) is 0.728. The highest BCUT2D eigenvalue weighted by Gasteiger charge is 2.25. The minimum atomic E-state index is -0.381. The molecule has 0 N–H and O–H groups in total. The first-order valence-electron chi connectivity index (χ1n) is 8.34. The molecule has 1 unspecified atom stereocenters. The Kier molecular flexibility index (Phi) is 5.14. The van der Waals surface area contributed by atoms with E-state index in [1.165, 1.54) is 17.2 Å². The van der Waals surface area contributed by atoms with Crippen molar-refractivity contribution in [1.82, 2.24) is 4.90 Å². The number of fused-ring (bicyclic) bond motifs is 1. The lowest BCUT2D eigenvalue weighted by Crippen LogP contribution is -2.31. The van der Waals surface area contributed by atoms with Gasteiger partial charge in [-0.25, -0.2) is 4.39 Å². The lowest BCUT2D eigenvalue weighted by Gasteiger charge is -2.20. The van der Waals surface area contributed by atoms with Gasteiger partial charge >= 0.3 is 0 Å². The Labute approximate surface area is 142 Å². The van der Waals surface area contributed by atoms with Gasteiger partial charge in [0, 0.05) is 13.5 Å². The molecule has 0 saturated carbocycles. The first kappa shape index (κ1) is 16.5. The van der Waals surface area contributed by atoms with Crippen LogP contribution in [0.3, 0.4) is 0 Å². The molecular formula is C20H22FNO2. The molecular weight excluding hydrogens is 305 g/mol. The van der Waals surface area contributed by atoms with Gasteiger partial charge in [0.2, 0.25) is 5.91 Å². The van der Waals surface area contributed by atoms with E-state index in [4.69, 9.17) is 4.74 Å². The van der Waals surface area contributed by atoms with Crippen LogP contribution in [0.15, 0.2) is 48.5 Å². The number of halogens is 1. The van der Waals surface area contributed by atoms with E-state index in [0.29, 0.717) is 18.9 Å². The van der Waals surface area contributed by atoms with E-state index in [0.717, 1.165) is 12.8 Å². The Hall–Kier alpha value is -2.36. The molecule has 3 rings (SSSR count). The average molecular weight is 327 g/mol. The molecule has 2 aromatic rings. The Balaban J connectivity index is 1.48. The summed E-state index contributed by atoms with van der Waals surface area (Å²) in [5, 5.41) is 0. The summed E-state index contributed by atoms with van der Waals surface area (Å²) < 4.78 is 18.9. The molecule has 0 radical (unpaired) electrons. The maximum atomic E-state index is 13.5. The Morgan fingerprint density at radius 2 is 1.96 bits per heavy atom. The largest absolute Gasteiger partial charge is 0.489 e. The van der Waals surface area contributed by atoms with Crippen LogP contribution in [0, 0.1) is 5.82 Å². The highest BCUT2D eigenvalue weighted by molar-refractivity contribution is 5.77. The molecule has 1 amide bonds. The lowest BCUT2D eigenvalue weighted by molar-refractivity contribution is -0.130. The van der Waals surface area contributed by atoms with Crippen LogP contribution in [0.4, 0.5) is 4.39 Å². The standard InChI is InChI=1S/C20H22FNO2/c1-22(12-13-24-19-9-5-4-8-18(19)21)20(23)14-16-11-10-15-6-2-3-7-17(15)16/h2-9,16H,10-14H2,1H3. The molecule has 2 aromatic carbocycles. The second-order valence-electron chi connectivity index (χ2n) is 6.23. The molecule has 0 heterocycles. The van der Waals surface area contributed by atoms with Crippen molar-refractivity contribution in [2.24, 2.45) is 0 Å². The molecule has 1 atom stereocenters. The smallest absolute Gasteiger partial charge is 0.223 e. The van der Waals surface area contributed by atoms with Crippen LogP contribution in [-0.4, -0.2) is 31.0 Å². The third kappa shape index (κ3) is 3.75. The van der Waals surface area contributed by atoms with Gasteiger partial charge in [-0.1, -0.05) is 36.4 Å². The fourth-order valence-electron chi connectivity index (χ4n) is 3.20. The molecule has 3 nitrogen and oxygen atoms in total. The van der Waals surface area contributed by atoms with E-state index in [1.807, 2.05) is 6.07 Å². The van der Waals surface area contributed by atoms with E-state index < -0.39 is 0 Å². The Morgan fingerprint density at radius 3 is 2.79 bits per heavy atom. The molecule has 0 aliphatic heterocycles. The summed E-state index contributed by atoms with van der Waals surface area (Å²) >= 11 is 0. The third-order valence-electron chi connectivity index (χ3n) is 4.62. The second kappa shape index (κ2) is 7.47. The van der Waals surface area contributed by atoms with Crippen molar-refractivity contribution in [3.8, 4) is 5.75 Å². The van der Waals surface area contributed by atoms with Crippen LogP contribution in [0.1, 0.15) is 29.9 Å². The number of ether oxygens (including phenoxy) is 1. The normalized spacial score (nSPS) is 15.8. The maximum Gasteiger partial charge on any atom is 0.223 e. The summed E-state index contributed by atoms with van der Waals surface area (Å²) in [5.41, 5.74) is 2.67. The molecule has 126 valence electrons. The zero-order valence-corrected chi connectivity index (χ0v) is 13.9. The van der Waals surface area contributed by atoms with Crippen LogP contribution in [0.5, 0.6) is 5.75 Å². The van der Waals surface area contributed by atoms with Crippen molar-refractivity contribution >= 4 is 5.91 Å². The summed E-state index contributed by atoms with van der Waals surface area (Å²) in [7, 11) is 1.77. The Morgan fingerprint density at radius 1 is 1.21 bits per heavy atom. The predicted octanol–water partition coefficient (Wildman–Crippen LogP) is 3.78. The lowest BCUT2D eigenvalue weighted by atomic mass is 9.97. The van der Waals surface area contributed by atoms with Gasteiger partial charge in [-0.3, -0.25) is 4.79 Å². The zero-order valence-electron chi connectivity index (χ0n) is 13.9. The van der Waals surface area contributed by atoms with Crippen molar-refractivity contribution < 1.29 is 13.9 Å². The fraction of sp³-hybridized carbons (Fsp3) is 0.350. The molecule has 0 spiro atoms. The molecule has 24 heavy (non-hydrogen) atoms. The predicted molar refractivity (Wildman–Crippen MR) is 91.7 cm³/mol. The number of likely N-dealkylation sites (N-methyl/N-ethyl adjacent to an activating group) is 1. The van der Waals surface area contributed by atoms with E-state index in [2.05, 4.69) is 18.2 Å². The third-order valence-corrected chi connectivity index (χ3v) is 4.62. The SMILES string of the molecule is CN(CCOc1ccccc1F)C(=O)CC1CCc2ccccc21. The van der Waals surface area contributed by atoms with Crippen LogP contribution in [-0.2, 0) is 11.2 Å². The average Bonchev–Trinajstić information content (AvgIpc) is 2.99. The van der Waals surface area contributed by atoms with Gasteiger partial charge in [-0.05, 0) is 42.0 Å². The van der Waals surface area contributed by atoms with Gasteiger partial charge in [0.1, 0.15) is 6.61 Å². The van der Waals surface area contributed by atoms with Gasteiger partial charge in [0.15, 0.2) is 11.6 Å². The van der Waals surface area contributed by atoms with Gasteiger partial charge < -0.3 is 9.64 Å². The number of carbonyl (C=O) groups excluding carboxylic acids is 1. The monoisotopic (exact) mass is 327 g/mol. The molecule has 4 heteroatoms. The first-order valence-corrected chi connectivity index (χ1v) is 8.34. The summed E-state index contributed by atoms with van der Waals surface area (Å²) in [4.78, 5) is 14.1. The van der Waals surface area contributed by atoms with E-state index in [9.17, 15) is 9.18 Å². The molecule has 1 aliphatic rings. The number of nitrogens with zero attached hydrogens (tertiary/aromatic N) is 1. The molecule has 0 saturated heterocycles. The van der Waals surface area contributed by atoms with Gasteiger partial charge in [0.25, 0.3) is 0 Å². The van der Waals surface area contributed by atoms with Crippen LogP contribution < -0.4 is 4.74 Å². The first-order chi connectivity index (χ1) is 11.6. The van der Waals surface area contributed by atoms with Crippen molar-refractivity contribution in [1.29, 1.82) is 0 Å². The maximum absolute atomic E-state index is 13.5. The number of aryl methyl sites for hydroxylation is 1. The van der Waals surface area contributed by atoms with Crippen molar-refractivity contribution in [3.05, 3.63) is 65.5 Å².